The van der Waals surface area contributed by atoms with E-state index >= 15 is 0 Å². The quantitative estimate of drug-likeness (QED) is 0.816. The van der Waals surface area contributed by atoms with Crippen LogP contribution in [0.4, 0.5) is 5.82 Å². The van der Waals surface area contributed by atoms with Gasteiger partial charge >= 0.3 is 0 Å². The summed E-state index contributed by atoms with van der Waals surface area (Å²) in [5.74, 6) is 0.351. The Bertz CT molecular complexity index is 339. The number of aryl methyl sites for hydroxylation is 1. The minimum absolute atomic E-state index is 0.0417. The minimum Gasteiger partial charge on any atom is -0.366 e. The van der Waals surface area contributed by atoms with Crippen LogP contribution in [0.1, 0.15) is 20.8 Å². The molecule has 0 saturated carbocycles. The summed E-state index contributed by atoms with van der Waals surface area (Å²) in [6, 6.07) is 1.73. The zero-order valence-electron chi connectivity index (χ0n) is 9.57. The van der Waals surface area contributed by atoms with Crippen molar-refractivity contribution in [1.82, 2.24) is 9.78 Å². The average molecular weight is 211 g/mol. The van der Waals surface area contributed by atoms with Crippen molar-refractivity contribution in [1.29, 1.82) is 0 Å². The number of carbonyl (C=O) groups excluding carboxylic acids is 1. The molecule has 1 N–H and O–H groups in total. The van der Waals surface area contributed by atoms with Crippen LogP contribution in [0.2, 0.25) is 0 Å². The van der Waals surface area contributed by atoms with Crippen LogP contribution < -0.4 is 5.32 Å². The Balaban J connectivity index is 2.37. The van der Waals surface area contributed by atoms with Crippen molar-refractivity contribution in [2.75, 3.05) is 11.9 Å². The van der Waals surface area contributed by atoms with Crippen molar-refractivity contribution in [2.45, 2.75) is 26.4 Å². The summed E-state index contributed by atoms with van der Waals surface area (Å²) in [7, 11) is 1.79. The maximum Gasteiger partial charge on any atom is 0.251 e. The van der Waals surface area contributed by atoms with E-state index in [-0.39, 0.29) is 18.1 Å². The maximum absolute atomic E-state index is 11.4. The van der Waals surface area contributed by atoms with Gasteiger partial charge in [-0.05, 0) is 20.8 Å². The van der Waals surface area contributed by atoms with Crippen LogP contribution in [0.25, 0.3) is 0 Å². The fourth-order valence-corrected chi connectivity index (χ4v) is 0.943. The lowest BCUT2D eigenvalue weighted by atomic mass is 10.2. The number of hydrogen-bond acceptors (Lipinski definition) is 3. The monoisotopic (exact) mass is 211 g/mol. The zero-order chi connectivity index (χ0) is 11.5. The fraction of sp³-hybridized carbons (Fsp3) is 0.600. The summed E-state index contributed by atoms with van der Waals surface area (Å²) in [6.07, 6.45) is 1.76. The van der Waals surface area contributed by atoms with Gasteiger partial charge in [0.05, 0.1) is 5.60 Å². The van der Waals surface area contributed by atoms with Gasteiger partial charge in [0.15, 0.2) is 5.82 Å². The van der Waals surface area contributed by atoms with Crippen LogP contribution in [0.15, 0.2) is 12.3 Å². The van der Waals surface area contributed by atoms with Gasteiger partial charge in [-0.2, -0.15) is 5.10 Å². The molecular formula is C10H17N3O2. The van der Waals surface area contributed by atoms with E-state index in [1.165, 1.54) is 0 Å². The van der Waals surface area contributed by atoms with Gasteiger partial charge in [0.1, 0.15) is 6.61 Å². The molecule has 0 bridgehead atoms. The van der Waals surface area contributed by atoms with Crippen LogP contribution in [-0.4, -0.2) is 27.9 Å². The lowest BCUT2D eigenvalue weighted by Crippen LogP contribution is -2.27. The fourth-order valence-electron chi connectivity index (χ4n) is 0.943. The highest BCUT2D eigenvalue weighted by atomic mass is 16.5. The highest BCUT2D eigenvalue weighted by Gasteiger charge is 2.13. The Morgan fingerprint density at radius 1 is 1.60 bits per heavy atom. The maximum atomic E-state index is 11.4. The number of nitrogens with zero attached hydrogens (tertiary/aromatic N) is 2. The van der Waals surface area contributed by atoms with Crippen molar-refractivity contribution < 1.29 is 9.53 Å². The summed E-state index contributed by atoms with van der Waals surface area (Å²) in [5, 5.41) is 6.66. The number of hydrogen-bond donors (Lipinski definition) is 1. The molecule has 1 heterocycles. The Morgan fingerprint density at radius 2 is 2.27 bits per heavy atom. The predicted molar refractivity (Wildman–Crippen MR) is 57.5 cm³/mol. The van der Waals surface area contributed by atoms with Crippen molar-refractivity contribution in [3.8, 4) is 0 Å². The number of nitrogens with one attached hydrogen (secondary N) is 1. The highest BCUT2D eigenvalue weighted by Crippen LogP contribution is 2.07. The number of rotatable bonds is 3. The molecule has 0 saturated heterocycles. The van der Waals surface area contributed by atoms with E-state index in [0.717, 1.165) is 0 Å². The molecule has 84 valence electrons. The lowest BCUT2D eigenvalue weighted by molar-refractivity contribution is -0.125. The predicted octanol–water partition coefficient (Wildman–Crippen LogP) is 1.17. The van der Waals surface area contributed by atoms with Crippen LogP contribution in [0.3, 0.4) is 0 Å². The van der Waals surface area contributed by atoms with Gasteiger partial charge in [0.25, 0.3) is 5.91 Å². The Hall–Kier alpha value is -1.36. The molecule has 0 aliphatic heterocycles. The molecule has 0 aromatic carbocycles. The Kier molecular flexibility index (Phi) is 3.47. The summed E-state index contributed by atoms with van der Waals surface area (Å²) in [5.41, 5.74) is -0.304. The first-order chi connectivity index (χ1) is 6.87. The lowest BCUT2D eigenvalue weighted by Gasteiger charge is -2.18. The SMILES string of the molecule is Cn1ccc(NC(=O)COC(C)(C)C)n1. The van der Waals surface area contributed by atoms with Gasteiger partial charge in [-0.3, -0.25) is 9.48 Å². The second-order valence-corrected chi connectivity index (χ2v) is 4.32. The van der Waals surface area contributed by atoms with E-state index in [0.29, 0.717) is 5.82 Å². The molecule has 5 nitrogen and oxygen atoms in total. The molecule has 0 fully saturated rings. The Labute approximate surface area is 89.4 Å². The number of aromatic nitrogens is 2. The number of anilines is 1. The van der Waals surface area contributed by atoms with Gasteiger partial charge in [-0.25, -0.2) is 0 Å². The van der Waals surface area contributed by atoms with E-state index in [1.54, 1.807) is 24.0 Å². The molecule has 1 rings (SSSR count). The van der Waals surface area contributed by atoms with Crippen molar-refractivity contribution in [2.24, 2.45) is 7.05 Å². The van der Waals surface area contributed by atoms with Gasteiger partial charge in [-0.1, -0.05) is 0 Å². The molecule has 1 aromatic heterocycles. The first-order valence-corrected chi connectivity index (χ1v) is 4.80. The molecule has 1 amide bonds. The molecule has 0 aliphatic rings. The second kappa shape index (κ2) is 4.44. The normalized spacial score (nSPS) is 11.5. The van der Waals surface area contributed by atoms with Gasteiger partial charge in [0.2, 0.25) is 0 Å². The van der Waals surface area contributed by atoms with E-state index < -0.39 is 0 Å². The molecule has 5 heteroatoms. The smallest absolute Gasteiger partial charge is 0.251 e. The van der Waals surface area contributed by atoms with Gasteiger partial charge in [-0.15, -0.1) is 0 Å². The third-order valence-electron chi connectivity index (χ3n) is 1.62. The molecule has 0 aliphatic carbocycles. The molecule has 0 radical (unpaired) electrons. The van der Waals surface area contributed by atoms with E-state index in [4.69, 9.17) is 4.74 Å². The van der Waals surface area contributed by atoms with Crippen molar-refractivity contribution >= 4 is 11.7 Å². The first kappa shape index (κ1) is 11.7. The van der Waals surface area contributed by atoms with Crippen molar-refractivity contribution in [3.05, 3.63) is 12.3 Å². The summed E-state index contributed by atoms with van der Waals surface area (Å²) >= 11 is 0. The molecule has 15 heavy (non-hydrogen) atoms. The Morgan fingerprint density at radius 3 is 2.73 bits per heavy atom. The third-order valence-corrected chi connectivity index (χ3v) is 1.62. The zero-order valence-corrected chi connectivity index (χ0v) is 9.57. The van der Waals surface area contributed by atoms with Gasteiger partial charge in [0, 0.05) is 19.3 Å². The van der Waals surface area contributed by atoms with Gasteiger partial charge < -0.3 is 10.1 Å². The number of ether oxygens (including phenoxy) is 1. The number of amides is 1. The van der Waals surface area contributed by atoms with Crippen LogP contribution in [-0.2, 0) is 16.6 Å². The highest BCUT2D eigenvalue weighted by molar-refractivity contribution is 5.90. The summed E-state index contributed by atoms with van der Waals surface area (Å²) < 4.78 is 6.95. The van der Waals surface area contributed by atoms with E-state index in [1.807, 2.05) is 20.8 Å². The molecule has 0 unspecified atom stereocenters. The topological polar surface area (TPSA) is 56.2 Å². The summed E-state index contributed by atoms with van der Waals surface area (Å²) in [4.78, 5) is 11.4. The molecular weight excluding hydrogens is 194 g/mol. The van der Waals surface area contributed by atoms with Crippen LogP contribution in [0, 0.1) is 0 Å². The largest absolute Gasteiger partial charge is 0.366 e. The first-order valence-electron chi connectivity index (χ1n) is 4.80. The average Bonchev–Trinajstić information content (AvgIpc) is 2.47. The van der Waals surface area contributed by atoms with E-state index in [9.17, 15) is 4.79 Å². The minimum atomic E-state index is -0.304. The molecule has 0 spiro atoms. The third kappa shape index (κ3) is 4.60. The van der Waals surface area contributed by atoms with Crippen molar-refractivity contribution in [3.63, 3.8) is 0 Å². The number of carbonyl (C=O) groups is 1. The van der Waals surface area contributed by atoms with E-state index in [2.05, 4.69) is 10.4 Å². The summed E-state index contributed by atoms with van der Waals surface area (Å²) in [6.45, 7) is 5.75. The second-order valence-electron chi connectivity index (χ2n) is 4.32. The standard InChI is InChI=1S/C10H17N3O2/c1-10(2,3)15-7-9(14)11-8-5-6-13(4)12-8/h5-6H,7H2,1-4H3,(H,11,12,14). The van der Waals surface area contributed by atoms with Crippen LogP contribution >= 0.6 is 0 Å². The van der Waals surface area contributed by atoms with Crippen LogP contribution in [0.5, 0.6) is 0 Å². The molecule has 0 atom stereocenters. The molecule has 1 aromatic rings.